The molecule has 0 saturated heterocycles. The smallest absolute Gasteiger partial charge is 0.322 e. The highest BCUT2D eigenvalue weighted by molar-refractivity contribution is 5.82. The van der Waals surface area contributed by atoms with E-state index in [0.717, 1.165) is 12.1 Å². The first-order valence-electron chi connectivity index (χ1n) is 6.00. The molecule has 0 fully saturated rings. The summed E-state index contributed by atoms with van der Waals surface area (Å²) in [5.74, 6) is -4.10. The first-order chi connectivity index (χ1) is 9.79. The normalized spacial score (nSPS) is 11.6. The molecule has 1 unspecified atom stereocenters. The number of amides is 2. The van der Waals surface area contributed by atoms with Gasteiger partial charge in [0.25, 0.3) is 0 Å². The molecule has 2 amide bonds. The Morgan fingerprint density at radius 1 is 1.29 bits per heavy atom. The van der Waals surface area contributed by atoms with Crippen molar-refractivity contribution in [1.82, 2.24) is 10.6 Å². The summed E-state index contributed by atoms with van der Waals surface area (Å²) >= 11 is 0. The second-order valence-corrected chi connectivity index (χ2v) is 4.29. The van der Waals surface area contributed by atoms with Gasteiger partial charge >= 0.3 is 5.97 Å². The van der Waals surface area contributed by atoms with Gasteiger partial charge in [0, 0.05) is 18.6 Å². The molecule has 1 aromatic rings. The molecule has 0 saturated carbocycles. The van der Waals surface area contributed by atoms with Crippen LogP contribution in [0.2, 0.25) is 0 Å². The van der Waals surface area contributed by atoms with E-state index in [4.69, 9.17) is 5.11 Å². The van der Waals surface area contributed by atoms with Gasteiger partial charge in [0.15, 0.2) is 0 Å². The number of nitrogens with one attached hydrogen (secondary N) is 2. The van der Waals surface area contributed by atoms with Crippen LogP contribution in [0.1, 0.15) is 24.9 Å². The Morgan fingerprint density at radius 3 is 2.48 bits per heavy atom. The van der Waals surface area contributed by atoms with Crippen molar-refractivity contribution in [2.24, 2.45) is 0 Å². The second-order valence-electron chi connectivity index (χ2n) is 4.29. The quantitative estimate of drug-likeness (QED) is 0.722. The van der Waals surface area contributed by atoms with E-state index in [1.165, 1.54) is 6.92 Å². The number of rotatable bonds is 6. The number of aliphatic carboxylic acids is 1. The highest BCUT2D eigenvalue weighted by atomic mass is 19.1. The Bertz CT molecular complexity index is 563. The molecule has 0 spiro atoms. The van der Waals surface area contributed by atoms with Gasteiger partial charge in [-0.15, -0.1) is 0 Å². The second kappa shape index (κ2) is 7.32. The van der Waals surface area contributed by atoms with Crippen molar-refractivity contribution in [1.29, 1.82) is 0 Å². The molecule has 3 N–H and O–H groups in total. The number of benzene rings is 1. The molecule has 0 bridgehead atoms. The van der Waals surface area contributed by atoms with E-state index in [1.807, 2.05) is 0 Å². The minimum atomic E-state index is -1.23. The van der Waals surface area contributed by atoms with Gasteiger partial charge in [-0.2, -0.15) is 0 Å². The lowest BCUT2D eigenvalue weighted by atomic mass is 10.0. The summed E-state index contributed by atoms with van der Waals surface area (Å²) in [6.07, 6.45) is -0.366. The van der Waals surface area contributed by atoms with Crippen molar-refractivity contribution in [2.45, 2.75) is 19.4 Å². The Hall–Kier alpha value is -2.51. The zero-order chi connectivity index (χ0) is 16.0. The van der Waals surface area contributed by atoms with Crippen LogP contribution in [0.3, 0.4) is 0 Å². The van der Waals surface area contributed by atoms with Gasteiger partial charge in [0.1, 0.15) is 18.2 Å². The number of halogens is 2. The summed E-state index contributed by atoms with van der Waals surface area (Å²) < 4.78 is 26.6. The number of hydrogen-bond acceptors (Lipinski definition) is 3. The summed E-state index contributed by atoms with van der Waals surface area (Å²) in [5.41, 5.74) is -0.0583. The van der Waals surface area contributed by atoms with E-state index in [-0.39, 0.29) is 12.0 Å². The maximum atomic E-state index is 13.7. The van der Waals surface area contributed by atoms with Crippen LogP contribution in [0, 0.1) is 11.6 Å². The summed E-state index contributed by atoms with van der Waals surface area (Å²) in [4.78, 5) is 33.0. The maximum Gasteiger partial charge on any atom is 0.322 e. The molecule has 114 valence electrons. The zero-order valence-electron chi connectivity index (χ0n) is 11.2. The third-order valence-corrected chi connectivity index (χ3v) is 2.54. The number of hydrogen-bond donors (Lipinski definition) is 3. The van der Waals surface area contributed by atoms with Gasteiger partial charge in [0.2, 0.25) is 11.8 Å². The molecule has 8 heteroatoms. The highest BCUT2D eigenvalue weighted by Gasteiger charge is 2.21. The molecule has 0 aliphatic carbocycles. The largest absolute Gasteiger partial charge is 0.480 e. The van der Waals surface area contributed by atoms with E-state index in [0.29, 0.717) is 6.07 Å². The molecular weight excluding hydrogens is 286 g/mol. The van der Waals surface area contributed by atoms with Crippen molar-refractivity contribution in [3.05, 3.63) is 35.4 Å². The van der Waals surface area contributed by atoms with Crippen molar-refractivity contribution < 1.29 is 28.3 Å². The van der Waals surface area contributed by atoms with Gasteiger partial charge in [-0.25, -0.2) is 8.78 Å². The molecule has 0 radical (unpaired) electrons. The van der Waals surface area contributed by atoms with E-state index in [1.54, 1.807) is 0 Å². The number of carbonyl (C=O) groups is 3. The van der Waals surface area contributed by atoms with Crippen LogP contribution in [0.25, 0.3) is 0 Å². The fraction of sp³-hybridized carbons (Fsp3) is 0.308. The highest BCUT2D eigenvalue weighted by Crippen LogP contribution is 2.21. The van der Waals surface area contributed by atoms with E-state index in [2.05, 4.69) is 10.6 Å². The molecule has 1 atom stereocenters. The van der Waals surface area contributed by atoms with E-state index < -0.39 is 42.0 Å². The molecule has 0 aliphatic rings. The van der Waals surface area contributed by atoms with Crippen molar-refractivity contribution in [2.75, 3.05) is 6.54 Å². The third kappa shape index (κ3) is 5.55. The minimum Gasteiger partial charge on any atom is -0.480 e. The number of carboxylic acids is 1. The van der Waals surface area contributed by atoms with E-state index in [9.17, 15) is 23.2 Å². The summed E-state index contributed by atoms with van der Waals surface area (Å²) in [6, 6.07) is 1.74. The lowest BCUT2D eigenvalue weighted by Gasteiger charge is -2.18. The van der Waals surface area contributed by atoms with E-state index >= 15 is 0 Å². The number of carboxylic acid groups (broad SMARTS) is 1. The summed E-state index contributed by atoms with van der Waals surface area (Å²) in [6.45, 7) is 0.598. The molecule has 1 aromatic carbocycles. The first-order valence-corrected chi connectivity index (χ1v) is 6.00. The Kier molecular flexibility index (Phi) is 5.77. The zero-order valence-corrected chi connectivity index (χ0v) is 11.2. The average Bonchev–Trinajstić information content (AvgIpc) is 2.35. The van der Waals surface area contributed by atoms with Gasteiger partial charge in [0.05, 0.1) is 12.5 Å². The fourth-order valence-electron chi connectivity index (χ4n) is 1.70. The summed E-state index contributed by atoms with van der Waals surface area (Å²) in [5, 5.41) is 12.9. The van der Waals surface area contributed by atoms with Crippen LogP contribution < -0.4 is 10.6 Å². The first kappa shape index (κ1) is 16.5. The molecular formula is C13H14F2N2O4. The van der Waals surface area contributed by atoms with Crippen LogP contribution in [0.15, 0.2) is 18.2 Å². The van der Waals surface area contributed by atoms with Gasteiger partial charge in [-0.05, 0) is 6.07 Å². The predicted molar refractivity (Wildman–Crippen MR) is 68.2 cm³/mol. The average molecular weight is 300 g/mol. The van der Waals surface area contributed by atoms with Crippen molar-refractivity contribution in [3.8, 4) is 0 Å². The van der Waals surface area contributed by atoms with Crippen molar-refractivity contribution in [3.63, 3.8) is 0 Å². The van der Waals surface area contributed by atoms with Crippen LogP contribution in [-0.4, -0.2) is 29.4 Å². The number of carbonyl (C=O) groups excluding carboxylic acids is 2. The van der Waals surface area contributed by atoms with Crippen molar-refractivity contribution >= 4 is 17.8 Å². The molecule has 0 aromatic heterocycles. The predicted octanol–water partition coefficient (Wildman–Crippen LogP) is 0.733. The van der Waals surface area contributed by atoms with Gasteiger partial charge < -0.3 is 15.7 Å². The maximum absolute atomic E-state index is 13.7. The molecule has 0 heterocycles. The Balaban J connectivity index is 2.87. The minimum absolute atomic E-state index is 0.0583. The topological polar surface area (TPSA) is 95.5 Å². The van der Waals surface area contributed by atoms with Gasteiger partial charge in [-0.3, -0.25) is 14.4 Å². The van der Waals surface area contributed by atoms with Crippen LogP contribution >= 0.6 is 0 Å². The van der Waals surface area contributed by atoms with Crippen LogP contribution in [-0.2, 0) is 14.4 Å². The Labute approximate surface area is 119 Å². The van der Waals surface area contributed by atoms with Gasteiger partial charge in [-0.1, -0.05) is 6.07 Å². The SMILES string of the molecule is CC(=O)NC(CC(=O)NCC(=O)O)c1ccc(F)cc1F. The lowest BCUT2D eigenvalue weighted by Crippen LogP contribution is -2.35. The summed E-state index contributed by atoms with van der Waals surface area (Å²) in [7, 11) is 0. The standard InChI is InChI=1S/C13H14F2N2O4/c1-7(18)17-11(5-12(19)16-6-13(20)21)9-3-2-8(14)4-10(9)15/h2-4,11H,5-6H2,1H3,(H,16,19)(H,17,18)(H,20,21). The monoisotopic (exact) mass is 300 g/mol. The fourth-order valence-corrected chi connectivity index (χ4v) is 1.70. The Morgan fingerprint density at radius 2 is 1.95 bits per heavy atom. The molecule has 1 rings (SSSR count). The third-order valence-electron chi connectivity index (χ3n) is 2.54. The van der Waals surface area contributed by atoms with Crippen LogP contribution in [0.5, 0.6) is 0 Å². The molecule has 0 aliphatic heterocycles. The molecule has 6 nitrogen and oxygen atoms in total. The molecule has 21 heavy (non-hydrogen) atoms. The lowest BCUT2D eigenvalue weighted by molar-refractivity contribution is -0.138. The van der Waals surface area contributed by atoms with Crippen LogP contribution in [0.4, 0.5) is 8.78 Å².